The van der Waals surface area contributed by atoms with E-state index in [2.05, 4.69) is 41.1 Å². The van der Waals surface area contributed by atoms with Gasteiger partial charge in [-0.15, -0.1) is 0 Å². The van der Waals surface area contributed by atoms with Gasteiger partial charge < -0.3 is 9.88 Å². The number of para-hydroxylation sites is 2. The molecule has 0 bridgehead atoms. The molecule has 3 aromatic rings. The van der Waals surface area contributed by atoms with Crippen LogP contribution in [0.5, 0.6) is 0 Å². The van der Waals surface area contributed by atoms with Gasteiger partial charge in [0.05, 0.1) is 11.0 Å². The third-order valence-electron chi connectivity index (χ3n) is 5.61. The van der Waals surface area contributed by atoms with Crippen LogP contribution in [-0.2, 0) is 6.42 Å². The molecule has 136 valence electrons. The van der Waals surface area contributed by atoms with Crippen LogP contribution in [0.15, 0.2) is 53.3 Å². The minimum atomic E-state index is 0.0315. The number of fused-ring (bicyclic) bond motifs is 1. The molecule has 2 heterocycles. The van der Waals surface area contributed by atoms with Crippen LogP contribution in [0.25, 0.3) is 11.0 Å². The largest absolute Gasteiger partial charge is 0.326 e. The van der Waals surface area contributed by atoms with E-state index in [0.29, 0.717) is 6.04 Å². The van der Waals surface area contributed by atoms with Gasteiger partial charge in [0.15, 0.2) is 0 Å². The standard InChI is InChI=1S/C22H27N3O/c1-17-8-10-18(11-9-17)5-4-14-24-15-12-19(13-16-24)25-21-7-3-2-6-20(21)23-22(25)26/h2-3,6-11,19H,4-5,12-16H2,1H3,(H,23,26). The molecule has 1 N–H and O–H groups in total. The summed E-state index contributed by atoms with van der Waals surface area (Å²) >= 11 is 0. The fourth-order valence-electron chi connectivity index (χ4n) is 4.10. The van der Waals surface area contributed by atoms with Crippen LogP contribution in [0.2, 0.25) is 0 Å². The van der Waals surface area contributed by atoms with E-state index in [9.17, 15) is 4.79 Å². The van der Waals surface area contributed by atoms with Gasteiger partial charge in [0.25, 0.3) is 0 Å². The highest BCUT2D eigenvalue weighted by molar-refractivity contribution is 5.75. The smallest absolute Gasteiger partial charge is 0.306 e. The van der Waals surface area contributed by atoms with Crippen LogP contribution in [0, 0.1) is 6.92 Å². The second kappa shape index (κ2) is 7.50. The first-order valence-corrected chi connectivity index (χ1v) is 9.68. The van der Waals surface area contributed by atoms with E-state index in [1.807, 2.05) is 28.8 Å². The summed E-state index contributed by atoms with van der Waals surface area (Å²) in [6.45, 7) is 5.42. The summed E-state index contributed by atoms with van der Waals surface area (Å²) in [5, 5.41) is 0. The molecule has 0 amide bonds. The number of imidazole rings is 1. The summed E-state index contributed by atoms with van der Waals surface area (Å²) < 4.78 is 1.97. The Labute approximate surface area is 154 Å². The number of nitrogens with one attached hydrogen (secondary N) is 1. The molecule has 0 aliphatic carbocycles. The lowest BCUT2D eigenvalue weighted by atomic mass is 10.0. The molecule has 26 heavy (non-hydrogen) atoms. The van der Waals surface area contributed by atoms with E-state index >= 15 is 0 Å². The SMILES string of the molecule is Cc1ccc(CCCN2CCC(n3c(=O)[nH]c4ccccc43)CC2)cc1. The van der Waals surface area contributed by atoms with E-state index in [-0.39, 0.29) is 5.69 Å². The number of rotatable bonds is 5. The Bertz CT molecular complexity index is 914. The van der Waals surface area contributed by atoms with Crippen LogP contribution in [0.1, 0.15) is 36.4 Å². The quantitative estimate of drug-likeness (QED) is 0.759. The third-order valence-corrected chi connectivity index (χ3v) is 5.61. The topological polar surface area (TPSA) is 41.0 Å². The van der Waals surface area contributed by atoms with Gasteiger partial charge in [0.1, 0.15) is 0 Å². The number of H-pyrrole nitrogens is 1. The highest BCUT2D eigenvalue weighted by atomic mass is 16.1. The van der Waals surface area contributed by atoms with Gasteiger partial charge in [0.2, 0.25) is 0 Å². The van der Waals surface area contributed by atoms with Crippen molar-refractivity contribution < 1.29 is 0 Å². The van der Waals surface area contributed by atoms with Crippen molar-refractivity contribution in [3.05, 3.63) is 70.1 Å². The molecule has 1 aliphatic heterocycles. The maximum absolute atomic E-state index is 12.4. The van der Waals surface area contributed by atoms with Crippen LogP contribution in [-0.4, -0.2) is 34.1 Å². The van der Waals surface area contributed by atoms with Crippen LogP contribution < -0.4 is 5.69 Å². The molecule has 1 fully saturated rings. The Balaban J connectivity index is 1.32. The molecule has 1 aliphatic rings. The summed E-state index contributed by atoms with van der Waals surface area (Å²) in [5.41, 5.74) is 4.76. The number of aryl methyl sites for hydroxylation is 2. The maximum atomic E-state index is 12.4. The molecular formula is C22H27N3O. The monoisotopic (exact) mass is 349 g/mol. The average molecular weight is 349 g/mol. The molecule has 1 saturated heterocycles. The number of hydrogen-bond acceptors (Lipinski definition) is 2. The first-order valence-electron chi connectivity index (χ1n) is 9.68. The number of piperidine rings is 1. The molecule has 0 spiro atoms. The second-order valence-corrected chi connectivity index (χ2v) is 7.48. The van der Waals surface area contributed by atoms with Crippen molar-refractivity contribution >= 4 is 11.0 Å². The molecular weight excluding hydrogens is 322 g/mol. The summed E-state index contributed by atoms with van der Waals surface area (Å²) in [6.07, 6.45) is 4.43. The average Bonchev–Trinajstić information content (AvgIpc) is 3.00. The van der Waals surface area contributed by atoms with E-state index < -0.39 is 0 Å². The molecule has 0 unspecified atom stereocenters. The van der Waals surface area contributed by atoms with Crippen molar-refractivity contribution in [3.8, 4) is 0 Å². The van der Waals surface area contributed by atoms with Gasteiger partial charge >= 0.3 is 5.69 Å². The van der Waals surface area contributed by atoms with E-state index in [1.165, 1.54) is 17.5 Å². The fraction of sp³-hybridized carbons (Fsp3) is 0.409. The lowest BCUT2D eigenvalue weighted by Crippen LogP contribution is -2.37. The normalized spacial score (nSPS) is 16.3. The van der Waals surface area contributed by atoms with Gasteiger partial charge in [-0.05, 0) is 56.8 Å². The lowest BCUT2D eigenvalue weighted by Gasteiger charge is -2.32. The van der Waals surface area contributed by atoms with E-state index in [1.54, 1.807) is 0 Å². The zero-order chi connectivity index (χ0) is 17.9. The van der Waals surface area contributed by atoms with E-state index in [4.69, 9.17) is 0 Å². The zero-order valence-electron chi connectivity index (χ0n) is 15.4. The zero-order valence-corrected chi connectivity index (χ0v) is 15.4. The minimum absolute atomic E-state index is 0.0315. The van der Waals surface area contributed by atoms with Crippen molar-refractivity contribution in [2.75, 3.05) is 19.6 Å². The Morgan fingerprint density at radius 2 is 1.77 bits per heavy atom. The Hall–Kier alpha value is -2.33. The minimum Gasteiger partial charge on any atom is -0.306 e. The highest BCUT2D eigenvalue weighted by Gasteiger charge is 2.23. The van der Waals surface area contributed by atoms with Crippen molar-refractivity contribution in [1.29, 1.82) is 0 Å². The Kier molecular flexibility index (Phi) is 4.93. The van der Waals surface area contributed by atoms with Gasteiger partial charge in [0, 0.05) is 19.1 Å². The molecule has 2 aromatic carbocycles. The third kappa shape index (κ3) is 3.61. The molecule has 0 atom stereocenters. The lowest BCUT2D eigenvalue weighted by molar-refractivity contribution is 0.185. The predicted octanol–water partition coefficient (Wildman–Crippen LogP) is 3.91. The van der Waals surface area contributed by atoms with Crippen molar-refractivity contribution in [1.82, 2.24) is 14.5 Å². The number of nitrogens with zero attached hydrogens (tertiary/aromatic N) is 2. The molecule has 4 heteroatoms. The molecule has 4 nitrogen and oxygen atoms in total. The first-order chi connectivity index (χ1) is 12.7. The number of likely N-dealkylation sites (tertiary alicyclic amines) is 1. The van der Waals surface area contributed by atoms with Gasteiger partial charge in [-0.2, -0.15) is 0 Å². The maximum Gasteiger partial charge on any atom is 0.326 e. The predicted molar refractivity (Wildman–Crippen MR) is 107 cm³/mol. The van der Waals surface area contributed by atoms with Gasteiger partial charge in [-0.3, -0.25) is 4.57 Å². The summed E-state index contributed by atoms with van der Waals surface area (Å²) in [5.74, 6) is 0. The Morgan fingerprint density at radius 3 is 2.54 bits per heavy atom. The number of hydrogen-bond donors (Lipinski definition) is 1. The van der Waals surface area contributed by atoms with E-state index in [0.717, 1.165) is 49.9 Å². The molecule has 4 rings (SSSR count). The van der Waals surface area contributed by atoms with Crippen LogP contribution in [0.3, 0.4) is 0 Å². The summed E-state index contributed by atoms with van der Waals surface area (Å²) in [4.78, 5) is 17.9. The molecule has 1 aromatic heterocycles. The van der Waals surface area contributed by atoms with Crippen LogP contribution >= 0.6 is 0 Å². The van der Waals surface area contributed by atoms with Gasteiger partial charge in [-0.1, -0.05) is 42.0 Å². The summed E-state index contributed by atoms with van der Waals surface area (Å²) in [7, 11) is 0. The van der Waals surface area contributed by atoms with Crippen molar-refractivity contribution in [2.45, 2.75) is 38.6 Å². The van der Waals surface area contributed by atoms with Crippen LogP contribution in [0.4, 0.5) is 0 Å². The van der Waals surface area contributed by atoms with Crippen molar-refractivity contribution in [2.24, 2.45) is 0 Å². The molecule has 0 radical (unpaired) electrons. The number of benzene rings is 2. The highest BCUT2D eigenvalue weighted by Crippen LogP contribution is 2.25. The Morgan fingerprint density at radius 1 is 1.04 bits per heavy atom. The first kappa shape index (κ1) is 17.1. The second-order valence-electron chi connectivity index (χ2n) is 7.48. The fourth-order valence-corrected chi connectivity index (χ4v) is 4.10. The summed E-state index contributed by atoms with van der Waals surface area (Å²) in [6, 6.07) is 17.2. The number of aromatic amines is 1. The number of aromatic nitrogens is 2. The van der Waals surface area contributed by atoms with Crippen molar-refractivity contribution in [3.63, 3.8) is 0 Å². The molecule has 0 saturated carbocycles. The van der Waals surface area contributed by atoms with Gasteiger partial charge in [-0.25, -0.2) is 4.79 Å².